The summed E-state index contributed by atoms with van der Waals surface area (Å²) in [5.74, 6) is 1.14. The second-order valence-electron chi connectivity index (χ2n) is 6.05. The third-order valence-electron chi connectivity index (χ3n) is 4.19. The van der Waals surface area contributed by atoms with Crippen molar-refractivity contribution in [1.29, 1.82) is 0 Å². The number of morpholine rings is 1. The molecule has 6 nitrogen and oxygen atoms in total. The van der Waals surface area contributed by atoms with Crippen LogP contribution in [0.2, 0.25) is 0 Å². The predicted molar refractivity (Wildman–Crippen MR) is 99.1 cm³/mol. The average Bonchev–Trinajstić information content (AvgIpc) is 2.59. The van der Waals surface area contributed by atoms with Crippen LogP contribution in [0.4, 0.5) is 5.82 Å². The van der Waals surface area contributed by atoms with Gasteiger partial charge in [-0.1, -0.05) is 28.1 Å². The Labute approximate surface area is 154 Å². The van der Waals surface area contributed by atoms with Crippen molar-refractivity contribution in [3.05, 3.63) is 56.5 Å². The summed E-state index contributed by atoms with van der Waals surface area (Å²) >= 11 is 3.41. The molecule has 1 aromatic heterocycles. The lowest BCUT2D eigenvalue weighted by atomic mass is 10.1. The molecule has 2 heterocycles. The van der Waals surface area contributed by atoms with E-state index in [2.05, 4.69) is 20.9 Å². The average molecular weight is 406 g/mol. The van der Waals surface area contributed by atoms with Crippen LogP contribution in [0.3, 0.4) is 0 Å². The fourth-order valence-corrected chi connectivity index (χ4v) is 3.25. The molecule has 1 fully saturated rings. The van der Waals surface area contributed by atoms with Crippen molar-refractivity contribution in [2.24, 2.45) is 7.05 Å². The first kappa shape index (κ1) is 17.8. The number of hydrogen-bond acceptors (Lipinski definition) is 5. The SMILES string of the molecule is Cn1c(CC(=O)Cc2cccc(Br)c2)nc(N2CCOCC2)cc1=O. The molecule has 1 aliphatic rings. The van der Waals surface area contributed by atoms with E-state index < -0.39 is 0 Å². The summed E-state index contributed by atoms with van der Waals surface area (Å²) < 4.78 is 7.72. The number of nitrogens with zero attached hydrogens (tertiary/aromatic N) is 3. The molecule has 1 saturated heterocycles. The van der Waals surface area contributed by atoms with Crippen LogP contribution in [0, 0.1) is 0 Å². The monoisotopic (exact) mass is 405 g/mol. The predicted octanol–water partition coefficient (Wildman–Crippen LogP) is 1.73. The van der Waals surface area contributed by atoms with Crippen molar-refractivity contribution in [2.75, 3.05) is 31.2 Å². The lowest BCUT2D eigenvalue weighted by Gasteiger charge is -2.28. The third kappa shape index (κ3) is 4.55. The first-order valence-electron chi connectivity index (χ1n) is 8.19. The van der Waals surface area contributed by atoms with Gasteiger partial charge in [-0.3, -0.25) is 14.2 Å². The quantitative estimate of drug-likeness (QED) is 0.757. The Bertz CT molecular complexity index is 829. The van der Waals surface area contributed by atoms with E-state index in [-0.39, 0.29) is 17.8 Å². The molecule has 0 bridgehead atoms. The minimum Gasteiger partial charge on any atom is -0.378 e. The number of ether oxygens (including phenoxy) is 1. The standard InChI is InChI=1S/C18H20BrN3O3/c1-21-16(11-15(23)10-13-3-2-4-14(19)9-13)20-17(12-18(21)24)22-5-7-25-8-6-22/h2-4,9,12H,5-8,10-11H2,1H3. The van der Waals surface area contributed by atoms with Gasteiger partial charge in [-0.05, 0) is 17.7 Å². The molecule has 25 heavy (non-hydrogen) atoms. The van der Waals surface area contributed by atoms with Crippen LogP contribution >= 0.6 is 15.9 Å². The lowest BCUT2D eigenvalue weighted by molar-refractivity contribution is -0.117. The molecule has 132 valence electrons. The van der Waals surface area contributed by atoms with E-state index in [4.69, 9.17) is 4.74 Å². The first-order chi connectivity index (χ1) is 12.0. The molecule has 2 aromatic rings. The maximum Gasteiger partial charge on any atom is 0.255 e. The normalized spacial score (nSPS) is 14.6. The zero-order valence-corrected chi connectivity index (χ0v) is 15.7. The highest BCUT2D eigenvalue weighted by molar-refractivity contribution is 9.10. The van der Waals surface area contributed by atoms with Gasteiger partial charge in [-0.25, -0.2) is 4.98 Å². The fraction of sp³-hybridized carbons (Fsp3) is 0.389. The van der Waals surface area contributed by atoms with Gasteiger partial charge in [0.1, 0.15) is 17.4 Å². The molecule has 7 heteroatoms. The number of halogens is 1. The van der Waals surface area contributed by atoms with E-state index in [0.717, 1.165) is 10.0 Å². The highest BCUT2D eigenvalue weighted by Gasteiger charge is 2.17. The maximum absolute atomic E-state index is 12.4. The smallest absolute Gasteiger partial charge is 0.255 e. The van der Waals surface area contributed by atoms with Crippen LogP contribution in [0.1, 0.15) is 11.4 Å². The number of carbonyl (C=O) groups is 1. The summed E-state index contributed by atoms with van der Waals surface area (Å²) in [6.45, 7) is 2.64. The lowest BCUT2D eigenvalue weighted by Crippen LogP contribution is -2.38. The van der Waals surface area contributed by atoms with E-state index in [9.17, 15) is 9.59 Å². The van der Waals surface area contributed by atoms with Crippen LogP contribution < -0.4 is 10.5 Å². The van der Waals surface area contributed by atoms with E-state index in [1.54, 1.807) is 7.05 Å². The molecule has 0 spiro atoms. The molecular formula is C18H20BrN3O3. The summed E-state index contributed by atoms with van der Waals surface area (Å²) in [5, 5.41) is 0. The minimum absolute atomic E-state index is 0.0275. The van der Waals surface area contributed by atoms with Gasteiger partial charge in [0.15, 0.2) is 0 Å². The molecule has 1 aromatic carbocycles. The third-order valence-corrected chi connectivity index (χ3v) is 4.69. The van der Waals surface area contributed by atoms with Gasteiger partial charge in [0.25, 0.3) is 5.56 Å². The zero-order chi connectivity index (χ0) is 17.8. The van der Waals surface area contributed by atoms with Crippen molar-refractivity contribution in [2.45, 2.75) is 12.8 Å². The summed E-state index contributed by atoms with van der Waals surface area (Å²) in [6.07, 6.45) is 0.452. The fourth-order valence-electron chi connectivity index (χ4n) is 2.80. The summed E-state index contributed by atoms with van der Waals surface area (Å²) in [7, 11) is 1.65. The molecule has 0 saturated carbocycles. The van der Waals surface area contributed by atoms with Crippen molar-refractivity contribution < 1.29 is 9.53 Å². The topological polar surface area (TPSA) is 64.4 Å². The van der Waals surface area contributed by atoms with Gasteiger partial charge in [-0.2, -0.15) is 0 Å². The van der Waals surface area contributed by atoms with Gasteiger partial charge in [0.05, 0.1) is 19.6 Å². The Balaban J connectivity index is 1.77. The van der Waals surface area contributed by atoms with Gasteiger partial charge in [0.2, 0.25) is 0 Å². The molecule has 0 N–H and O–H groups in total. The number of benzene rings is 1. The number of hydrogen-bond donors (Lipinski definition) is 0. The molecule has 0 aliphatic carbocycles. The molecule has 0 radical (unpaired) electrons. The van der Waals surface area contributed by atoms with Crippen LogP contribution in [0.15, 0.2) is 39.6 Å². The summed E-state index contributed by atoms with van der Waals surface area (Å²) in [5.41, 5.74) is 0.787. The van der Waals surface area contributed by atoms with Gasteiger partial charge >= 0.3 is 0 Å². The van der Waals surface area contributed by atoms with Gasteiger partial charge < -0.3 is 9.64 Å². The highest BCUT2D eigenvalue weighted by Crippen LogP contribution is 2.14. The van der Waals surface area contributed by atoms with Crippen LogP contribution in [-0.2, 0) is 29.4 Å². The van der Waals surface area contributed by atoms with E-state index in [1.807, 2.05) is 29.2 Å². The Hall–Kier alpha value is -1.99. The first-order valence-corrected chi connectivity index (χ1v) is 8.98. The van der Waals surface area contributed by atoms with Gasteiger partial charge in [-0.15, -0.1) is 0 Å². The number of rotatable bonds is 5. The molecule has 0 unspecified atom stereocenters. The van der Waals surface area contributed by atoms with Crippen LogP contribution in [-0.4, -0.2) is 41.6 Å². The Morgan fingerprint density at radius 3 is 2.72 bits per heavy atom. The van der Waals surface area contributed by atoms with Crippen molar-refractivity contribution >= 4 is 27.5 Å². The summed E-state index contributed by atoms with van der Waals surface area (Å²) in [4.78, 5) is 31.3. The molecular weight excluding hydrogens is 386 g/mol. The van der Waals surface area contributed by atoms with Crippen LogP contribution in [0.25, 0.3) is 0 Å². The number of carbonyl (C=O) groups excluding carboxylic acids is 1. The van der Waals surface area contributed by atoms with Crippen molar-refractivity contribution in [1.82, 2.24) is 9.55 Å². The number of aromatic nitrogens is 2. The van der Waals surface area contributed by atoms with E-state index >= 15 is 0 Å². The second-order valence-corrected chi connectivity index (χ2v) is 6.97. The number of anilines is 1. The Kier molecular flexibility index (Phi) is 5.65. The zero-order valence-electron chi connectivity index (χ0n) is 14.1. The largest absolute Gasteiger partial charge is 0.378 e. The van der Waals surface area contributed by atoms with E-state index in [1.165, 1.54) is 10.6 Å². The highest BCUT2D eigenvalue weighted by atomic mass is 79.9. The van der Waals surface area contributed by atoms with Crippen molar-refractivity contribution in [3.63, 3.8) is 0 Å². The number of ketones is 1. The molecule has 1 aliphatic heterocycles. The molecule has 0 amide bonds. The van der Waals surface area contributed by atoms with Gasteiger partial charge in [0, 0.05) is 37.1 Å². The second kappa shape index (κ2) is 7.93. The molecule has 3 rings (SSSR count). The molecule has 0 atom stereocenters. The maximum atomic E-state index is 12.4. The van der Waals surface area contributed by atoms with Crippen molar-refractivity contribution in [3.8, 4) is 0 Å². The van der Waals surface area contributed by atoms with Crippen LogP contribution in [0.5, 0.6) is 0 Å². The number of Topliss-reactive ketones (excluding diaryl/α,β-unsaturated/α-hetero) is 1. The minimum atomic E-state index is -0.151. The van der Waals surface area contributed by atoms with E-state index in [0.29, 0.717) is 44.4 Å². The Morgan fingerprint density at radius 2 is 2.00 bits per heavy atom. The Morgan fingerprint density at radius 1 is 1.24 bits per heavy atom. The summed E-state index contributed by atoms with van der Waals surface area (Å²) in [6, 6.07) is 9.19.